The molecule has 0 spiro atoms. The van der Waals surface area contributed by atoms with Crippen LogP contribution >= 0.6 is 0 Å². The molecule has 19 heavy (non-hydrogen) atoms. The summed E-state index contributed by atoms with van der Waals surface area (Å²) < 4.78 is 0. The lowest BCUT2D eigenvalue weighted by molar-refractivity contribution is 0.131. The summed E-state index contributed by atoms with van der Waals surface area (Å²) in [6.45, 7) is 10.5. The molecule has 2 N–H and O–H groups in total. The molecule has 2 atom stereocenters. The van der Waals surface area contributed by atoms with Gasteiger partial charge in [0.05, 0.1) is 0 Å². The SMILES string of the molecule is CCCNC1CCCCC1CN(CCCO)C(C)C. The third-order valence-electron chi connectivity index (χ3n) is 4.37. The van der Waals surface area contributed by atoms with E-state index in [4.69, 9.17) is 5.11 Å². The Morgan fingerprint density at radius 3 is 2.63 bits per heavy atom. The van der Waals surface area contributed by atoms with E-state index in [2.05, 4.69) is 31.0 Å². The second-order valence-corrected chi connectivity index (χ2v) is 6.27. The van der Waals surface area contributed by atoms with Gasteiger partial charge in [0.1, 0.15) is 0 Å². The molecule has 0 aromatic carbocycles. The van der Waals surface area contributed by atoms with Crippen molar-refractivity contribution in [3.8, 4) is 0 Å². The van der Waals surface area contributed by atoms with Gasteiger partial charge < -0.3 is 15.3 Å². The molecule has 1 aliphatic carbocycles. The van der Waals surface area contributed by atoms with Crippen molar-refractivity contribution in [2.24, 2.45) is 5.92 Å². The van der Waals surface area contributed by atoms with Gasteiger partial charge in [-0.25, -0.2) is 0 Å². The van der Waals surface area contributed by atoms with Crippen molar-refractivity contribution in [2.45, 2.75) is 71.4 Å². The van der Waals surface area contributed by atoms with Gasteiger partial charge in [0.25, 0.3) is 0 Å². The first-order valence-electron chi connectivity index (χ1n) is 8.27. The highest BCUT2D eigenvalue weighted by molar-refractivity contribution is 4.83. The molecular weight excluding hydrogens is 236 g/mol. The topological polar surface area (TPSA) is 35.5 Å². The zero-order chi connectivity index (χ0) is 14.1. The smallest absolute Gasteiger partial charge is 0.0443 e. The van der Waals surface area contributed by atoms with Gasteiger partial charge in [-0.1, -0.05) is 19.8 Å². The molecule has 0 saturated heterocycles. The Hall–Kier alpha value is -0.120. The van der Waals surface area contributed by atoms with Crippen LogP contribution in [0.2, 0.25) is 0 Å². The van der Waals surface area contributed by atoms with E-state index >= 15 is 0 Å². The van der Waals surface area contributed by atoms with E-state index in [1.165, 1.54) is 38.6 Å². The second-order valence-electron chi connectivity index (χ2n) is 6.27. The van der Waals surface area contributed by atoms with E-state index in [0.29, 0.717) is 18.7 Å². The van der Waals surface area contributed by atoms with Crippen LogP contribution < -0.4 is 5.32 Å². The highest BCUT2D eigenvalue weighted by Gasteiger charge is 2.26. The predicted octanol–water partition coefficient (Wildman–Crippen LogP) is 2.64. The molecule has 0 aliphatic heterocycles. The average Bonchev–Trinajstić information content (AvgIpc) is 2.41. The highest BCUT2D eigenvalue weighted by atomic mass is 16.3. The second kappa shape index (κ2) is 9.73. The minimum atomic E-state index is 0.311. The van der Waals surface area contributed by atoms with E-state index in [0.717, 1.165) is 25.4 Å². The summed E-state index contributed by atoms with van der Waals surface area (Å²) in [5.74, 6) is 0.793. The predicted molar refractivity (Wildman–Crippen MR) is 82.5 cm³/mol. The molecule has 2 unspecified atom stereocenters. The Morgan fingerprint density at radius 1 is 1.26 bits per heavy atom. The third-order valence-corrected chi connectivity index (χ3v) is 4.37. The van der Waals surface area contributed by atoms with E-state index in [-0.39, 0.29) is 0 Å². The Labute approximate surface area is 119 Å². The summed E-state index contributed by atoms with van der Waals surface area (Å²) in [6, 6.07) is 1.30. The molecule has 0 aromatic rings. The van der Waals surface area contributed by atoms with Crippen molar-refractivity contribution < 1.29 is 5.11 Å². The minimum absolute atomic E-state index is 0.311. The van der Waals surface area contributed by atoms with Crippen LogP contribution in [0.5, 0.6) is 0 Å². The van der Waals surface area contributed by atoms with Crippen molar-refractivity contribution in [1.29, 1.82) is 0 Å². The van der Waals surface area contributed by atoms with Crippen LogP contribution in [0.3, 0.4) is 0 Å². The fraction of sp³-hybridized carbons (Fsp3) is 1.00. The molecule has 3 heteroatoms. The molecular formula is C16H34N2O. The van der Waals surface area contributed by atoms with Crippen LogP contribution in [0.25, 0.3) is 0 Å². The molecule has 1 fully saturated rings. The lowest BCUT2D eigenvalue weighted by atomic mass is 9.83. The molecule has 3 nitrogen and oxygen atoms in total. The van der Waals surface area contributed by atoms with Gasteiger partial charge in [-0.05, 0) is 52.0 Å². The summed E-state index contributed by atoms with van der Waals surface area (Å²) >= 11 is 0. The van der Waals surface area contributed by atoms with Crippen molar-refractivity contribution in [2.75, 3.05) is 26.2 Å². The first kappa shape index (κ1) is 16.9. The van der Waals surface area contributed by atoms with E-state index in [1.54, 1.807) is 0 Å². The van der Waals surface area contributed by atoms with Crippen molar-refractivity contribution in [3.05, 3.63) is 0 Å². The summed E-state index contributed by atoms with van der Waals surface area (Å²) in [6.07, 6.45) is 7.61. The zero-order valence-electron chi connectivity index (χ0n) is 13.2. The lowest BCUT2D eigenvalue weighted by Gasteiger charge is -2.37. The average molecular weight is 270 g/mol. The molecule has 0 heterocycles. The molecule has 1 saturated carbocycles. The van der Waals surface area contributed by atoms with Crippen LogP contribution in [-0.2, 0) is 0 Å². The van der Waals surface area contributed by atoms with Crippen molar-refractivity contribution in [3.63, 3.8) is 0 Å². The largest absolute Gasteiger partial charge is 0.396 e. The zero-order valence-corrected chi connectivity index (χ0v) is 13.2. The molecule has 0 radical (unpaired) electrons. The Bertz CT molecular complexity index is 221. The van der Waals surface area contributed by atoms with Gasteiger partial charge in [0.2, 0.25) is 0 Å². The third kappa shape index (κ3) is 6.24. The van der Waals surface area contributed by atoms with E-state index in [1.807, 2.05) is 0 Å². The Kier molecular flexibility index (Phi) is 8.67. The molecule has 114 valence electrons. The summed E-state index contributed by atoms with van der Waals surface area (Å²) in [7, 11) is 0. The first-order valence-corrected chi connectivity index (χ1v) is 8.27. The van der Waals surface area contributed by atoms with Gasteiger partial charge in [-0.3, -0.25) is 0 Å². The molecule has 1 rings (SSSR count). The van der Waals surface area contributed by atoms with Crippen LogP contribution in [0.4, 0.5) is 0 Å². The first-order chi connectivity index (χ1) is 9.19. The van der Waals surface area contributed by atoms with Crippen molar-refractivity contribution in [1.82, 2.24) is 10.2 Å². The van der Waals surface area contributed by atoms with Gasteiger partial charge in [0.15, 0.2) is 0 Å². The maximum Gasteiger partial charge on any atom is 0.0443 e. The van der Waals surface area contributed by atoms with Gasteiger partial charge in [0, 0.05) is 31.8 Å². The molecule has 1 aliphatic rings. The van der Waals surface area contributed by atoms with Gasteiger partial charge in [-0.2, -0.15) is 0 Å². The number of rotatable bonds is 9. The summed E-state index contributed by atoms with van der Waals surface area (Å²) in [5.41, 5.74) is 0. The van der Waals surface area contributed by atoms with Crippen molar-refractivity contribution >= 4 is 0 Å². The highest BCUT2D eigenvalue weighted by Crippen LogP contribution is 2.26. The maximum atomic E-state index is 9.03. The number of aliphatic hydroxyl groups excluding tert-OH is 1. The number of nitrogens with one attached hydrogen (secondary N) is 1. The van der Waals surface area contributed by atoms with Gasteiger partial charge >= 0.3 is 0 Å². The number of nitrogens with zero attached hydrogens (tertiary/aromatic N) is 1. The molecule has 0 aromatic heterocycles. The van der Waals surface area contributed by atoms with Crippen LogP contribution in [0.1, 0.15) is 59.3 Å². The standard InChI is InChI=1S/C16H34N2O/c1-4-10-17-16-9-6-5-8-15(16)13-18(14(2)3)11-7-12-19/h14-17,19H,4-13H2,1-3H3. The maximum absolute atomic E-state index is 9.03. The fourth-order valence-corrected chi connectivity index (χ4v) is 3.16. The van der Waals surface area contributed by atoms with Crippen LogP contribution in [-0.4, -0.2) is 48.3 Å². The van der Waals surface area contributed by atoms with Crippen LogP contribution in [0.15, 0.2) is 0 Å². The molecule has 0 amide bonds. The minimum Gasteiger partial charge on any atom is -0.396 e. The number of aliphatic hydroxyl groups is 1. The van der Waals surface area contributed by atoms with Gasteiger partial charge in [-0.15, -0.1) is 0 Å². The Morgan fingerprint density at radius 2 is 2.00 bits per heavy atom. The van der Waals surface area contributed by atoms with E-state index < -0.39 is 0 Å². The number of hydrogen-bond acceptors (Lipinski definition) is 3. The lowest BCUT2D eigenvalue weighted by Crippen LogP contribution is -2.46. The van der Waals surface area contributed by atoms with Crippen LogP contribution in [0, 0.1) is 5.92 Å². The normalized spacial score (nSPS) is 24.3. The monoisotopic (exact) mass is 270 g/mol. The summed E-state index contributed by atoms with van der Waals surface area (Å²) in [4.78, 5) is 2.55. The number of hydrogen-bond donors (Lipinski definition) is 2. The van der Waals surface area contributed by atoms with E-state index in [9.17, 15) is 0 Å². The Balaban J connectivity index is 2.47. The summed E-state index contributed by atoms with van der Waals surface area (Å²) in [5, 5.41) is 12.8. The quantitative estimate of drug-likeness (QED) is 0.676. The molecule has 0 bridgehead atoms. The fourth-order valence-electron chi connectivity index (χ4n) is 3.16.